The highest BCUT2D eigenvalue weighted by atomic mass is 32.1. The van der Waals surface area contributed by atoms with Crippen LogP contribution in [-0.4, -0.2) is 39.8 Å². The molecule has 130 valence electrons. The van der Waals surface area contributed by atoms with Crippen LogP contribution in [0.2, 0.25) is 0 Å². The Labute approximate surface area is 150 Å². The minimum Gasteiger partial charge on any atom is -0.342 e. The highest BCUT2D eigenvalue weighted by molar-refractivity contribution is 7.14. The summed E-state index contributed by atoms with van der Waals surface area (Å²) < 4.78 is 0. The second-order valence-corrected chi connectivity index (χ2v) is 7.47. The summed E-state index contributed by atoms with van der Waals surface area (Å²) in [5.74, 6) is 0.482. The quantitative estimate of drug-likeness (QED) is 0.914. The van der Waals surface area contributed by atoms with E-state index in [9.17, 15) is 9.59 Å². The molecule has 1 N–H and O–H groups in total. The fraction of sp³-hybridized carbons (Fsp3) is 0.444. The number of likely N-dealkylation sites (tertiary alicyclic amines) is 1. The van der Waals surface area contributed by atoms with Crippen molar-refractivity contribution in [2.24, 2.45) is 11.8 Å². The highest BCUT2D eigenvalue weighted by Gasteiger charge is 2.36. The fourth-order valence-corrected chi connectivity index (χ4v) is 3.83. The van der Waals surface area contributed by atoms with Crippen molar-refractivity contribution in [3.05, 3.63) is 29.8 Å². The molecule has 0 radical (unpaired) electrons. The van der Waals surface area contributed by atoms with Gasteiger partial charge in [0.1, 0.15) is 5.69 Å². The Morgan fingerprint density at radius 1 is 1.08 bits per heavy atom. The van der Waals surface area contributed by atoms with E-state index >= 15 is 0 Å². The number of nitrogens with zero attached hydrogens (tertiary/aromatic N) is 3. The van der Waals surface area contributed by atoms with Crippen molar-refractivity contribution in [2.75, 3.05) is 18.4 Å². The number of rotatable bonds is 4. The van der Waals surface area contributed by atoms with E-state index in [0.717, 1.165) is 37.1 Å². The van der Waals surface area contributed by atoms with Gasteiger partial charge in [-0.3, -0.25) is 14.6 Å². The first-order valence-corrected chi connectivity index (χ1v) is 9.55. The molecule has 0 aromatic carbocycles. The number of nitrogens with one attached hydrogen (secondary N) is 1. The number of pyridine rings is 1. The third-order valence-electron chi connectivity index (χ3n) is 4.77. The number of amides is 2. The lowest BCUT2D eigenvalue weighted by Gasteiger charge is -2.31. The number of carbonyl (C=O) groups excluding carboxylic acids is 2. The van der Waals surface area contributed by atoms with Crippen LogP contribution in [0.1, 0.15) is 25.7 Å². The summed E-state index contributed by atoms with van der Waals surface area (Å²) in [4.78, 5) is 35.2. The molecule has 1 saturated carbocycles. The Bertz CT molecular complexity index is 764. The van der Waals surface area contributed by atoms with E-state index in [1.54, 1.807) is 6.20 Å². The summed E-state index contributed by atoms with van der Waals surface area (Å²) in [5, 5.41) is 5.42. The molecule has 0 bridgehead atoms. The van der Waals surface area contributed by atoms with Crippen LogP contribution in [0, 0.1) is 11.8 Å². The van der Waals surface area contributed by atoms with Crippen LogP contribution >= 0.6 is 11.3 Å². The first-order valence-electron chi connectivity index (χ1n) is 8.67. The van der Waals surface area contributed by atoms with Crippen LogP contribution in [-0.2, 0) is 9.59 Å². The van der Waals surface area contributed by atoms with E-state index in [1.807, 2.05) is 28.5 Å². The SMILES string of the molecule is O=C(Nc1nc(-c2ccccn2)cs1)C1CCN(C(=O)C2CC2)CC1. The number of carbonyl (C=O) groups is 2. The molecule has 1 aliphatic carbocycles. The molecule has 7 heteroatoms. The Morgan fingerprint density at radius 2 is 1.88 bits per heavy atom. The van der Waals surface area contributed by atoms with E-state index in [1.165, 1.54) is 11.3 Å². The minimum absolute atomic E-state index is 0.000409. The van der Waals surface area contributed by atoms with Gasteiger partial charge in [0.25, 0.3) is 0 Å². The second-order valence-electron chi connectivity index (χ2n) is 6.62. The second kappa shape index (κ2) is 6.92. The predicted molar refractivity (Wildman–Crippen MR) is 96.0 cm³/mol. The van der Waals surface area contributed by atoms with Gasteiger partial charge >= 0.3 is 0 Å². The molecule has 0 unspecified atom stereocenters. The molecule has 6 nitrogen and oxygen atoms in total. The number of piperidine rings is 1. The van der Waals surface area contributed by atoms with Gasteiger partial charge in [-0.1, -0.05) is 6.07 Å². The standard InChI is InChI=1S/C18H20N4O2S/c23-16(12-6-9-22(10-7-12)17(24)13-4-5-13)21-18-20-15(11-25-18)14-3-1-2-8-19-14/h1-3,8,11-13H,4-7,9-10H2,(H,20,21,23). The molecule has 2 aromatic heterocycles. The van der Waals surface area contributed by atoms with Crippen molar-refractivity contribution in [1.82, 2.24) is 14.9 Å². The van der Waals surface area contributed by atoms with Crippen molar-refractivity contribution in [2.45, 2.75) is 25.7 Å². The van der Waals surface area contributed by atoms with Gasteiger partial charge in [0.15, 0.2) is 5.13 Å². The van der Waals surface area contributed by atoms with Gasteiger partial charge in [-0.15, -0.1) is 11.3 Å². The van der Waals surface area contributed by atoms with Crippen LogP contribution in [0.5, 0.6) is 0 Å². The summed E-state index contributed by atoms with van der Waals surface area (Å²) in [7, 11) is 0. The minimum atomic E-state index is -0.0505. The molecule has 25 heavy (non-hydrogen) atoms. The summed E-state index contributed by atoms with van der Waals surface area (Å²) in [6.45, 7) is 1.37. The lowest BCUT2D eigenvalue weighted by molar-refractivity contribution is -0.135. The lowest BCUT2D eigenvalue weighted by Crippen LogP contribution is -2.42. The first kappa shape index (κ1) is 16.2. The Morgan fingerprint density at radius 3 is 2.56 bits per heavy atom. The zero-order chi connectivity index (χ0) is 17.2. The van der Waals surface area contributed by atoms with Crippen molar-refractivity contribution in [3.63, 3.8) is 0 Å². The van der Waals surface area contributed by atoms with E-state index in [0.29, 0.717) is 18.2 Å². The molecule has 2 fully saturated rings. The average molecular weight is 356 g/mol. The number of anilines is 1. The normalized spacial score (nSPS) is 18.2. The highest BCUT2D eigenvalue weighted by Crippen LogP contribution is 2.32. The third kappa shape index (κ3) is 3.71. The van der Waals surface area contributed by atoms with Gasteiger partial charge in [0.2, 0.25) is 11.8 Å². The maximum absolute atomic E-state index is 12.5. The Balaban J connectivity index is 1.32. The van der Waals surface area contributed by atoms with E-state index < -0.39 is 0 Å². The number of aromatic nitrogens is 2. The topological polar surface area (TPSA) is 75.2 Å². The first-order chi connectivity index (χ1) is 12.2. The molecule has 3 heterocycles. The zero-order valence-electron chi connectivity index (χ0n) is 13.9. The summed E-state index contributed by atoms with van der Waals surface area (Å²) in [6.07, 6.45) is 5.24. The van der Waals surface area contributed by atoms with Crippen LogP contribution < -0.4 is 5.32 Å². The third-order valence-corrected chi connectivity index (χ3v) is 5.52. The largest absolute Gasteiger partial charge is 0.342 e. The molecule has 4 rings (SSSR count). The lowest BCUT2D eigenvalue weighted by atomic mass is 9.95. The van der Waals surface area contributed by atoms with Crippen molar-refractivity contribution < 1.29 is 9.59 Å². The summed E-state index contributed by atoms with van der Waals surface area (Å²) >= 11 is 1.41. The van der Waals surface area contributed by atoms with Crippen LogP contribution in [0.4, 0.5) is 5.13 Å². The van der Waals surface area contributed by atoms with Gasteiger partial charge in [0.05, 0.1) is 5.69 Å². The molecule has 2 aliphatic rings. The molecular formula is C18H20N4O2S. The van der Waals surface area contributed by atoms with E-state index in [4.69, 9.17) is 0 Å². The van der Waals surface area contributed by atoms with Crippen molar-refractivity contribution in [3.8, 4) is 11.4 Å². The molecule has 1 aliphatic heterocycles. The molecular weight excluding hydrogens is 336 g/mol. The van der Waals surface area contributed by atoms with Gasteiger partial charge in [-0.05, 0) is 37.8 Å². The number of hydrogen-bond acceptors (Lipinski definition) is 5. The van der Waals surface area contributed by atoms with Crippen LogP contribution in [0.3, 0.4) is 0 Å². The van der Waals surface area contributed by atoms with Crippen molar-refractivity contribution >= 4 is 28.3 Å². The van der Waals surface area contributed by atoms with E-state index in [-0.39, 0.29) is 23.7 Å². The molecule has 2 amide bonds. The average Bonchev–Trinajstić information content (AvgIpc) is 3.41. The molecule has 0 spiro atoms. The number of thiazole rings is 1. The van der Waals surface area contributed by atoms with Gasteiger partial charge in [0, 0.05) is 36.5 Å². The van der Waals surface area contributed by atoms with Crippen molar-refractivity contribution in [1.29, 1.82) is 0 Å². The zero-order valence-corrected chi connectivity index (χ0v) is 14.7. The maximum atomic E-state index is 12.5. The maximum Gasteiger partial charge on any atom is 0.229 e. The monoisotopic (exact) mass is 356 g/mol. The predicted octanol–water partition coefficient (Wildman–Crippen LogP) is 2.79. The fourth-order valence-electron chi connectivity index (χ4n) is 3.12. The molecule has 1 saturated heterocycles. The Kier molecular flexibility index (Phi) is 4.48. The Hall–Kier alpha value is -2.28. The van der Waals surface area contributed by atoms with Crippen LogP contribution in [0.15, 0.2) is 29.8 Å². The van der Waals surface area contributed by atoms with Crippen LogP contribution in [0.25, 0.3) is 11.4 Å². The summed E-state index contributed by atoms with van der Waals surface area (Å²) in [5.41, 5.74) is 1.57. The van der Waals surface area contributed by atoms with E-state index in [2.05, 4.69) is 15.3 Å². The van der Waals surface area contributed by atoms with Gasteiger partial charge in [-0.2, -0.15) is 0 Å². The summed E-state index contributed by atoms with van der Waals surface area (Å²) in [6, 6.07) is 5.67. The van der Waals surface area contributed by atoms with Gasteiger partial charge in [-0.25, -0.2) is 4.98 Å². The van der Waals surface area contributed by atoms with Gasteiger partial charge < -0.3 is 10.2 Å². The number of hydrogen-bond donors (Lipinski definition) is 1. The molecule has 0 atom stereocenters. The molecule has 2 aromatic rings. The smallest absolute Gasteiger partial charge is 0.229 e.